The molecule has 0 bridgehead atoms. The van der Waals surface area contributed by atoms with Crippen LogP contribution in [0.3, 0.4) is 0 Å². The van der Waals surface area contributed by atoms with Crippen LogP contribution >= 0.6 is 0 Å². The maximum Gasteiger partial charge on any atom is 0.353 e. The highest BCUT2D eigenvalue weighted by Crippen LogP contribution is 2.12. The van der Waals surface area contributed by atoms with Crippen LogP contribution in [0, 0.1) is 5.82 Å². The number of hydrazine groups is 1. The minimum Gasteiger partial charge on any atom is -0.477 e. The predicted octanol–water partition coefficient (Wildman–Crippen LogP) is 0.391. The van der Waals surface area contributed by atoms with E-state index in [1.807, 2.05) is 0 Å². The second kappa shape index (κ2) is 4.43. The van der Waals surface area contributed by atoms with Crippen LogP contribution in [0.15, 0.2) is 36.2 Å². The van der Waals surface area contributed by atoms with Crippen molar-refractivity contribution in [3.05, 3.63) is 42.0 Å². The molecule has 6 heteroatoms. The Bertz CT molecular complexity index is 389. The average molecular weight is 211 g/mol. The minimum atomic E-state index is -1.27. The number of carboxylic acid groups (broad SMARTS) is 1. The summed E-state index contributed by atoms with van der Waals surface area (Å²) in [4.78, 5) is 10.4. The summed E-state index contributed by atoms with van der Waals surface area (Å²) in [5, 5.41) is 9.49. The lowest BCUT2D eigenvalue weighted by molar-refractivity contribution is -0.132. The van der Waals surface area contributed by atoms with E-state index in [0.29, 0.717) is 5.69 Å². The number of hydrogen-bond acceptors (Lipinski definition) is 4. The van der Waals surface area contributed by atoms with Gasteiger partial charge in [0.2, 0.25) is 0 Å². The van der Waals surface area contributed by atoms with Crippen molar-refractivity contribution in [2.45, 2.75) is 0 Å². The summed E-state index contributed by atoms with van der Waals surface area (Å²) in [6.45, 7) is 0. The summed E-state index contributed by atoms with van der Waals surface area (Å²) in [5.74, 6) is 3.80. The fourth-order valence-corrected chi connectivity index (χ4v) is 0.893. The largest absolute Gasteiger partial charge is 0.477 e. The van der Waals surface area contributed by atoms with Crippen molar-refractivity contribution in [3.63, 3.8) is 0 Å². The first-order valence-electron chi connectivity index (χ1n) is 4.01. The van der Waals surface area contributed by atoms with Crippen LogP contribution in [0.4, 0.5) is 10.1 Å². The Balaban J connectivity index is 2.86. The van der Waals surface area contributed by atoms with Crippen LogP contribution in [0.25, 0.3) is 0 Å². The quantitative estimate of drug-likeness (QED) is 0.382. The van der Waals surface area contributed by atoms with Crippen molar-refractivity contribution in [2.24, 2.45) is 11.6 Å². The molecule has 0 amide bonds. The fraction of sp³-hybridized carbons (Fsp3) is 0. The highest BCUT2D eigenvalue weighted by atomic mass is 19.1. The van der Waals surface area contributed by atoms with Gasteiger partial charge in [-0.25, -0.2) is 15.0 Å². The maximum atomic E-state index is 12.5. The third-order valence-electron chi connectivity index (χ3n) is 1.65. The molecule has 0 unspecified atom stereocenters. The van der Waals surface area contributed by atoms with Crippen LogP contribution < -0.4 is 16.6 Å². The van der Waals surface area contributed by atoms with Crippen molar-refractivity contribution >= 4 is 11.7 Å². The number of aliphatic carboxylic acids is 1. The van der Waals surface area contributed by atoms with Crippen LogP contribution in [0.2, 0.25) is 0 Å². The van der Waals surface area contributed by atoms with E-state index in [-0.39, 0.29) is 0 Å². The smallest absolute Gasteiger partial charge is 0.353 e. The second-order valence-corrected chi connectivity index (χ2v) is 2.77. The van der Waals surface area contributed by atoms with Gasteiger partial charge in [0.05, 0.1) is 11.9 Å². The molecule has 0 heterocycles. The summed E-state index contributed by atoms with van der Waals surface area (Å²) in [6.07, 6.45) is 1.04. The third-order valence-corrected chi connectivity index (χ3v) is 1.65. The van der Waals surface area contributed by atoms with Crippen LogP contribution in [0.5, 0.6) is 0 Å². The van der Waals surface area contributed by atoms with E-state index in [9.17, 15) is 9.18 Å². The summed E-state index contributed by atoms with van der Waals surface area (Å²) in [6, 6.07) is 5.22. The molecule has 0 saturated heterocycles. The second-order valence-electron chi connectivity index (χ2n) is 2.77. The van der Waals surface area contributed by atoms with Gasteiger partial charge in [0.1, 0.15) is 11.5 Å². The Morgan fingerprint density at radius 1 is 1.40 bits per heavy atom. The van der Waals surface area contributed by atoms with E-state index in [4.69, 9.17) is 16.7 Å². The predicted molar refractivity (Wildman–Crippen MR) is 53.0 cm³/mol. The summed E-state index contributed by atoms with van der Waals surface area (Å²) in [7, 11) is 0. The first-order valence-corrected chi connectivity index (χ1v) is 4.01. The van der Waals surface area contributed by atoms with Crippen molar-refractivity contribution in [2.75, 3.05) is 5.01 Å². The van der Waals surface area contributed by atoms with Crippen molar-refractivity contribution in [3.8, 4) is 0 Å². The molecule has 1 aromatic rings. The number of nitrogens with two attached hydrogens (primary N) is 2. The number of hydrogen-bond donors (Lipinski definition) is 3. The van der Waals surface area contributed by atoms with E-state index >= 15 is 0 Å². The van der Waals surface area contributed by atoms with Gasteiger partial charge in [0.15, 0.2) is 0 Å². The van der Waals surface area contributed by atoms with Gasteiger partial charge in [-0.2, -0.15) is 0 Å². The van der Waals surface area contributed by atoms with Crippen molar-refractivity contribution < 1.29 is 14.3 Å². The van der Waals surface area contributed by atoms with E-state index in [1.165, 1.54) is 24.3 Å². The highest BCUT2D eigenvalue weighted by molar-refractivity contribution is 5.85. The van der Waals surface area contributed by atoms with Gasteiger partial charge < -0.3 is 10.8 Å². The standard InChI is InChI=1S/C9H10FN3O2/c10-6-1-3-7(4-2-6)13(12)5-8(11)9(14)15/h1-5H,11-12H2,(H,14,15)/b8-5-. The third kappa shape index (κ3) is 2.96. The van der Waals surface area contributed by atoms with Gasteiger partial charge in [-0.05, 0) is 24.3 Å². The minimum absolute atomic E-state index is 0.401. The topological polar surface area (TPSA) is 92.6 Å². The molecule has 1 aromatic carbocycles. The molecule has 0 saturated carbocycles. The van der Waals surface area contributed by atoms with Gasteiger partial charge in [0, 0.05) is 0 Å². The molecule has 0 aliphatic heterocycles. The number of nitrogens with zero attached hydrogens (tertiary/aromatic N) is 1. The van der Waals surface area contributed by atoms with Gasteiger partial charge in [-0.3, -0.25) is 5.01 Å². The number of rotatable bonds is 3. The van der Waals surface area contributed by atoms with E-state index in [1.54, 1.807) is 0 Å². The summed E-state index contributed by atoms with van der Waals surface area (Å²) < 4.78 is 12.5. The average Bonchev–Trinajstić information content (AvgIpc) is 2.18. The fourth-order valence-electron chi connectivity index (χ4n) is 0.893. The molecular weight excluding hydrogens is 201 g/mol. The first kappa shape index (κ1) is 11.0. The lowest BCUT2D eigenvalue weighted by Crippen LogP contribution is -2.27. The lowest BCUT2D eigenvalue weighted by Gasteiger charge is -2.13. The zero-order valence-corrected chi connectivity index (χ0v) is 7.72. The normalized spacial score (nSPS) is 11.2. The molecule has 5 N–H and O–H groups in total. The first-order chi connectivity index (χ1) is 7.00. The Labute approximate surface area is 85.4 Å². The van der Waals surface area contributed by atoms with Gasteiger partial charge in [0.25, 0.3) is 0 Å². The number of carboxylic acids is 1. The van der Waals surface area contributed by atoms with Gasteiger partial charge in [-0.15, -0.1) is 0 Å². The molecule has 0 aromatic heterocycles. The van der Waals surface area contributed by atoms with Crippen LogP contribution in [-0.4, -0.2) is 11.1 Å². The molecule has 0 radical (unpaired) electrons. The number of anilines is 1. The summed E-state index contributed by atoms with van der Waals surface area (Å²) in [5.41, 5.74) is 5.18. The number of halogens is 1. The van der Waals surface area contributed by atoms with Crippen molar-refractivity contribution in [1.82, 2.24) is 0 Å². The Morgan fingerprint density at radius 2 is 1.93 bits per heavy atom. The zero-order chi connectivity index (χ0) is 11.4. The SMILES string of the molecule is N/C(=C\N(N)c1ccc(F)cc1)C(=O)O. The molecular formula is C9H10FN3O2. The van der Waals surface area contributed by atoms with E-state index < -0.39 is 17.5 Å². The summed E-state index contributed by atoms with van der Waals surface area (Å²) >= 11 is 0. The van der Waals surface area contributed by atoms with Crippen LogP contribution in [0.1, 0.15) is 0 Å². The molecule has 5 nitrogen and oxygen atoms in total. The van der Waals surface area contributed by atoms with Gasteiger partial charge in [-0.1, -0.05) is 0 Å². The number of carbonyl (C=O) groups is 1. The molecule has 80 valence electrons. The maximum absolute atomic E-state index is 12.5. The molecule has 0 aliphatic rings. The monoisotopic (exact) mass is 211 g/mol. The molecule has 1 rings (SSSR count). The molecule has 15 heavy (non-hydrogen) atoms. The Hall–Kier alpha value is -2.08. The lowest BCUT2D eigenvalue weighted by atomic mass is 10.3. The number of benzene rings is 1. The van der Waals surface area contributed by atoms with Crippen LogP contribution in [-0.2, 0) is 4.79 Å². The Morgan fingerprint density at radius 3 is 2.40 bits per heavy atom. The van der Waals surface area contributed by atoms with Crippen molar-refractivity contribution in [1.29, 1.82) is 0 Å². The van der Waals surface area contributed by atoms with E-state index in [2.05, 4.69) is 0 Å². The highest BCUT2D eigenvalue weighted by Gasteiger charge is 2.04. The Kier molecular flexibility index (Phi) is 3.25. The zero-order valence-electron chi connectivity index (χ0n) is 7.72. The molecule has 0 atom stereocenters. The molecule has 0 aliphatic carbocycles. The van der Waals surface area contributed by atoms with E-state index in [0.717, 1.165) is 11.2 Å². The molecule has 0 fully saturated rings. The van der Waals surface area contributed by atoms with Gasteiger partial charge >= 0.3 is 5.97 Å². The molecule has 0 spiro atoms.